The Morgan fingerprint density at radius 1 is 0.941 bits per heavy atom. The van der Waals surface area contributed by atoms with E-state index in [1.165, 1.54) is 10.5 Å². The van der Waals surface area contributed by atoms with E-state index in [0.717, 1.165) is 16.8 Å². The molecule has 4 heteroatoms. The number of aromatic nitrogens is 3. The molecule has 3 nitrogen and oxygen atoms in total. The van der Waals surface area contributed by atoms with E-state index >= 15 is 0 Å². The topological polar surface area (TPSA) is 41.6 Å². The van der Waals surface area contributed by atoms with Crippen molar-refractivity contribution in [2.24, 2.45) is 0 Å². The van der Waals surface area contributed by atoms with E-state index in [9.17, 15) is 0 Å². The second-order valence-corrected chi connectivity index (χ2v) is 4.74. The lowest BCUT2D eigenvalue weighted by Crippen LogP contribution is -1.81. The number of benzene rings is 2. The summed E-state index contributed by atoms with van der Waals surface area (Å²) in [6.07, 6.45) is 0. The zero-order chi connectivity index (χ0) is 11.5. The van der Waals surface area contributed by atoms with Crippen LogP contribution in [0.2, 0.25) is 0 Å². The Hall–Kier alpha value is -1.81. The van der Waals surface area contributed by atoms with E-state index in [4.69, 9.17) is 0 Å². The summed E-state index contributed by atoms with van der Waals surface area (Å²) in [6.45, 7) is 0. The number of nitrogens with one attached hydrogen (secondary N) is 1. The maximum atomic E-state index is 4.17. The lowest BCUT2D eigenvalue weighted by molar-refractivity contribution is 0.957. The van der Waals surface area contributed by atoms with Gasteiger partial charge >= 0.3 is 0 Å². The van der Waals surface area contributed by atoms with Crippen LogP contribution < -0.4 is 0 Å². The van der Waals surface area contributed by atoms with Crippen LogP contribution in [0.25, 0.3) is 11.0 Å². The first kappa shape index (κ1) is 10.4. The van der Waals surface area contributed by atoms with Gasteiger partial charge in [-0.3, -0.25) is 0 Å². The number of aromatic amines is 1. The Morgan fingerprint density at radius 3 is 2.71 bits per heavy atom. The molecule has 3 rings (SSSR count). The van der Waals surface area contributed by atoms with Gasteiger partial charge in [0.05, 0.1) is 0 Å². The maximum absolute atomic E-state index is 4.17. The van der Waals surface area contributed by atoms with Crippen molar-refractivity contribution in [1.82, 2.24) is 15.4 Å². The Kier molecular flexibility index (Phi) is 2.80. The number of hydrogen-bond acceptors (Lipinski definition) is 3. The van der Waals surface area contributed by atoms with Crippen molar-refractivity contribution in [3.63, 3.8) is 0 Å². The molecule has 0 amide bonds. The molecule has 0 aliphatic rings. The normalized spacial score (nSPS) is 10.8. The van der Waals surface area contributed by atoms with E-state index in [0.29, 0.717) is 0 Å². The zero-order valence-electron chi connectivity index (χ0n) is 9.13. The van der Waals surface area contributed by atoms with Gasteiger partial charge in [-0.25, -0.2) is 0 Å². The van der Waals surface area contributed by atoms with Crippen molar-refractivity contribution in [2.45, 2.75) is 10.6 Å². The average molecular weight is 241 g/mol. The van der Waals surface area contributed by atoms with Gasteiger partial charge in [0.25, 0.3) is 0 Å². The second-order valence-electron chi connectivity index (χ2n) is 3.72. The monoisotopic (exact) mass is 241 g/mol. The number of fused-ring (bicyclic) bond motifs is 1. The number of rotatable bonds is 3. The fourth-order valence-electron chi connectivity index (χ4n) is 1.69. The molecule has 0 unspecified atom stereocenters. The summed E-state index contributed by atoms with van der Waals surface area (Å²) in [5.41, 5.74) is 3.19. The molecule has 1 N–H and O–H groups in total. The first-order valence-corrected chi connectivity index (χ1v) is 6.38. The molecule has 0 aliphatic heterocycles. The van der Waals surface area contributed by atoms with Gasteiger partial charge in [-0.2, -0.15) is 15.4 Å². The van der Waals surface area contributed by atoms with E-state index < -0.39 is 0 Å². The first-order chi connectivity index (χ1) is 8.43. The van der Waals surface area contributed by atoms with Crippen LogP contribution in [-0.2, 0) is 5.75 Å². The second kappa shape index (κ2) is 4.59. The van der Waals surface area contributed by atoms with Gasteiger partial charge in [-0.15, -0.1) is 11.8 Å². The Labute approximate surface area is 103 Å². The van der Waals surface area contributed by atoms with Crippen LogP contribution in [0.4, 0.5) is 0 Å². The fraction of sp³-hybridized carbons (Fsp3) is 0.0769. The lowest BCUT2D eigenvalue weighted by Gasteiger charge is -2.01. The molecular weight excluding hydrogens is 230 g/mol. The van der Waals surface area contributed by atoms with Crippen molar-refractivity contribution in [3.05, 3.63) is 54.1 Å². The standard InChI is InChI=1S/C13H11N3S/c1-2-5-10(6-3-1)9-17-12-8-4-7-11-13(12)15-16-14-11/h1-8H,9H2,(H,14,15,16). The summed E-state index contributed by atoms with van der Waals surface area (Å²) in [5.74, 6) is 0.951. The Bertz CT molecular complexity index is 619. The predicted molar refractivity (Wildman–Crippen MR) is 69.9 cm³/mol. The van der Waals surface area contributed by atoms with E-state index in [-0.39, 0.29) is 0 Å². The minimum atomic E-state index is 0.920. The van der Waals surface area contributed by atoms with Crippen LogP contribution in [-0.4, -0.2) is 15.4 Å². The predicted octanol–water partition coefficient (Wildman–Crippen LogP) is 3.25. The summed E-state index contributed by atoms with van der Waals surface area (Å²) >= 11 is 1.79. The first-order valence-electron chi connectivity index (χ1n) is 5.40. The molecule has 2 aromatic carbocycles. The van der Waals surface area contributed by atoms with Crippen molar-refractivity contribution < 1.29 is 0 Å². The van der Waals surface area contributed by atoms with Crippen molar-refractivity contribution >= 4 is 22.8 Å². The van der Waals surface area contributed by atoms with Crippen LogP contribution in [0.3, 0.4) is 0 Å². The quantitative estimate of drug-likeness (QED) is 0.716. The van der Waals surface area contributed by atoms with E-state index in [1.54, 1.807) is 11.8 Å². The molecule has 0 aliphatic carbocycles. The highest BCUT2D eigenvalue weighted by Crippen LogP contribution is 2.27. The summed E-state index contributed by atoms with van der Waals surface area (Å²) in [6, 6.07) is 16.5. The smallest absolute Gasteiger partial charge is 0.126 e. The van der Waals surface area contributed by atoms with Crippen molar-refractivity contribution in [2.75, 3.05) is 0 Å². The molecule has 0 saturated heterocycles. The Morgan fingerprint density at radius 2 is 1.82 bits per heavy atom. The molecule has 0 atom stereocenters. The van der Waals surface area contributed by atoms with Crippen molar-refractivity contribution in [3.8, 4) is 0 Å². The fourth-order valence-corrected chi connectivity index (χ4v) is 2.67. The summed E-state index contributed by atoms with van der Waals surface area (Å²) in [5, 5.41) is 10.9. The number of nitrogens with zero attached hydrogens (tertiary/aromatic N) is 2. The van der Waals surface area contributed by atoms with Crippen LogP contribution in [0.1, 0.15) is 5.56 Å². The third-order valence-corrected chi connectivity index (χ3v) is 3.67. The van der Waals surface area contributed by atoms with E-state index in [2.05, 4.69) is 45.7 Å². The van der Waals surface area contributed by atoms with Gasteiger partial charge in [-0.1, -0.05) is 36.4 Å². The highest BCUT2D eigenvalue weighted by atomic mass is 32.2. The molecule has 0 saturated carbocycles. The highest BCUT2D eigenvalue weighted by molar-refractivity contribution is 7.98. The van der Waals surface area contributed by atoms with Crippen LogP contribution in [0.15, 0.2) is 53.4 Å². The third-order valence-electron chi connectivity index (χ3n) is 2.55. The van der Waals surface area contributed by atoms with Gasteiger partial charge in [0.2, 0.25) is 0 Å². The van der Waals surface area contributed by atoms with Gasteiger partial charge in [0, 0.05) is 10.6 Å². The zero-order valence-corrected chi connectivity index (χ0v) is 9.95. The summed E-state index contributed by atoms with van der Waals surface area (Å²) in [4.78, 5) is 1.17. The number of H-pyrrole nitrogens is 1. The number of thioether (sulfide) groups is 1. The molecule has 0 bridgehead atoms. The molecule has 1 aromatic heterocycles. The molecule has 0 radical (unpaired) electrons. The van der Waals surface area contributed by atoms with Crippen LogP contribution >= 0.6 is 11.8 Å². The molecule has 3 aromatic rings. The molecule has 84 valence electrons. The van der Waals surface area contributed by atoms with Crippen LogP contribution in [0.5, 0.6) is 0 Å². The minimum Gasteiger partial charge on any atom is -0.197 e. The van der Waals surface area contributed by atoms with Gasteiger partial charge in [0.15, 0.2) is 0 Å². The Balaban J connectivity index is 1.84. The molecule has 0 spiro atoms. The maximum Gasteiger partial charge on any atom is 0.126 e. The largest absolute Gasteiger partial charge is 0.197 e. The summed E-state index contributed by atoms with van der Waals surface area (Å²) < 4.78 is 0. The third kappa shape index (κ3) is 2.17. The van der Waals surface area contributed by atoms with Crippen molar-refractivity contribution in [1.29, 1.82) is 0 Å². The average Bonchev–Trinajstić information content (AvgIpc) is 2.86. The molecule has 1 heterocycles. The highest BCUT2D eigenvalue weighted by Gasteiger charge is 2.04. The van der Waals surface area contributed by atoms with E-state index in [1.807, 2.05) is 18.2 Å². The number of para-hydroxylation sites is 1. The van der Waals surface area contributed by atoms with Gasteiger partial charge in [0.1, 0.15) is 11.0 Å². The molecular formula is C13H11N3S. The minimum absolute atomic E-state index is 0.920. The van der Waals surface area contributed by atoms with Crippen LogP contribution in [0, 0.1) is 0 Å². The van der Waals surface area contributed by atoms with Gasteiger partial charge in [-0.05, 0) is 17.7 Å². The molecule has 17 heavy (non-hydrogen) atoms. The molecule has 0 fully saturated rings. The number of hydrogen-bond donors (Lipinski definition) is 1. The summed E-state index contributed by atoms with van der Waals surface area (Å²) in [7, 11) is 0. The van der Waals surface area contributed by atoms with Gasteiger partial charge < -0.3 is 0 Å². The lowest BCUT2D eigenvalue weighted by atomic mass is 10.2. The SMILES string of the molecule is c1ccc(CSc2cccc3n[nH]nc23)cc1.